The lowest BCUT2D eigenvalue weighted by molar-refractivity contribution is -0.144. The lowest BCUT2D eigenvalue weighted by atomic mass is 10.1. The number of benzene rings is 4. The second kappa shape index (κ2) is 15.4. The van der Waals surface area contributed by atoms with Gasteiger partial charge in [0.1, 0.15) is 34.4 Å². The zero-order valence-electron chi connectivity index (χ0n) is 29.1. The molecular weight excluding hydrogens is 825 g/mol. The van der Waals surface area contributed by atoms with Crippen LogP contribution in [0.2, 0.25) is 0 Å². The van der Waals surface area contributed by atoms with E-state index in [0.29, 0.717) is 38.8 Å². The number of fused-ring (bicyclic) bond motifs is 6. The van der Waals surface area contributed by atoms with Gasteiger partial charge in [0.15, 0.2) is 0 Å². The Bertz CT molecular complexity index is 2350. The summed E-state index contributed by atoms with van der Waals surface area (Å²) in [7, 11) is -5.37. The predicted molar refractivity (Wildman–Crippen MR) is 206 cm³/mol. The maximum Gasteiger partial charge on any atom is 0.324 e. The van der Waals surface area contributed by atoms with E-state index in [4.69, 9.17) is 19.3 Å². The van der Waals surface area contributed by atoms with Gasteiger partial charge in [-0.2, -0.15) is 9.44 Å². The van der Waals surface area contributed by atoms with E-state index in [2.05, 4.69) is 36.8 Å². The van der Waals surface area contributed by atoms with Crippen LogP contribution in [-0.4, -0.2) is 55.1 Å². The van der Waals surface area contributed by atoms with Gasteiger partial charge in [-0.1, -0.05) is 27.7 Å². The van der Waals surface area contributed by atoms with Crippen molar-refractivity contribution in [2.75, 3.05) is 20.0 Å². The molecular formula is C36H38IN3O10S2. The number of carbonyl (C=O) groups excluding carboxylic acids is 2. The maximum atomic E-state index is 12.8. The van der Waals surface area contributed by atoms with E-state index < -0.39 is 44.1 Å². The Kier molecular flexibility index (Phi) is 11.5. The summed E-state index contributed by atoms with van der Waals surface area (Å²) in [5.41, 5.74) is 8.76. The first-order chi connectivity index (χ1) is 24.4. The standard InChI is InChI=1S/C18H18INO5S.C18H20N2O5S/c2*1-10(2)17(18(21)24-3)20-26(22,23)12-5-7-15-14(9-12)13-6-4-11(19)8-16(13)25-15/h4-10,17,20H,1-3H3;4-10,17,20H,19H2,1-3H3/t2*17-/m11/s1. The molecule has 0 spiro atoms. The maximum absolute atomic E-state index is 12.8. The Labute approximate surface area is 314 Å². The summed E-state index contributed by atoms with van der Waals surface area (Å²) in [6, 6.07) is 18.2. The normalized spacial score (nSPS) is 13.4. The van der Waals surface area contributed by atoms with Crippen LogP contribution in [0.4, 0.5) is 5.69 Å². The number of nitrogens with two attached hydrogens (primary N) is 1. The van der Waals surface area contributed by atoms with E-state index in [9.17, 15) is 26.4 Å². The number of rotatable bonds is 10. The molecule has 6 rings (SSSR count). The van der Waals surface area contributed by atoms with Gasteiger partial charge in [0, 0.05) is 36.9 Å². The second-order valence-electron chi connectivity index (χ2n) is 12.6. The van der Waals surface area contributed by atoms with E-state index in [0.717, 1.165) is 14.3 Å². The number of halogens is 1. The molecule has 0 bridgehead atoms. The third-order valence-electron chi connectivity index (χ3n) is 8.30. The number of furan rings is 2. The number of nitrogens with one attached hydrogen (secondary N) is 2. The summed E-state index contributed by atoms with van der Waals surface area (Å²) >= 11 is 2.19. The lowest BCUT2D eigenvalue weighted by Crippen LogP contribution is -2.44. The zero-order valence-corrected chi connectivity index (χ0v) is 32.9. The molecule has 0 aliphatic carbocycles. The Morgan fingerprint density at radius 3 is 1.46 bits per heavy atom. The van der Waals surface area contributed by atoms with Crippen LogP contribution >= 0.6 is 22.6 Å². The highest BCUT2D eigenvalue weighted by Crippen LogP contribution is 2.33. The number of anilines is 1. The van der Waals surface area contributed by atoms with E-state index in [1.54, 1.807) is 64.1 Å². The topological polar surface area (TPSA) is 197 Å². The molecule has 0 saturated heterocycles. The number of ether oxygens (including phenoxy) is 2. The molecule has 13 nitrogen and oxygen atoms in total. The first kappa shape index (κ1) is 39.0. The SMILES string of the molecule is COC(=O)[C@H](NS(=O)(=O)c1ccc2oc3cc(I)ccc3c2c1)C(C)C.COC(=O)[C@H](NS(=O)(=O)c1ccc2oc3cc(N)ccc3c2c1)C(C)C. The van der Waals surface area contributed by atoms with Gasteiger partial charge in [0.05, 0.1) is 24.0 Å². The van der Waals surface area contributed by atoms with Crippen molar-refractivity contribution in [1.29, 1.82) is 0 Å². The fourth-order valence-corrected chi connectivity index (χ4v) is 8.66. The fourth-order valence-electron chi connectivity index (χ4n) is 5.47. The molecule has 2 heterocycles. The van der Waals surface area contributed by atoms with Crippen molar-refractivity contribution in [1.82, 2.24) is 9.44 Å². The predicted octanol–water partition coefficient (Wildman–Crippen LogP) is 6.31. The Morgan fingerprint density at radius 2 is 1.04 bits per heavy atom. The van der Waals surface area contributed by atoms with Gasteiger partial charge in [0.25, 0.3) is 0 Å². The smallest absolute Gasteiger partial charge is 0.324 e. The number of esters is 2. The van der Waals surface area contributed by atoms with Gasteiger partial charge in [-0.3, -0.25) is 9.59 Å². The van der Waals surface area contributed by atoms with Crippen LogP contribution in [0.15, 0.2) is 91.4 Å². The minimum atomic E-state index is -3.92. The van der Waals surface area contributed by atoms with Gasteiger partial charge in [0.2, 0.25) is 20.0 Å². The molecule has 52 heavy (non-hydrogen) atoms. The number of hydrogen-bond acceptors (Lipinski definition) is 11. The number of hydrogen-bond donors (Lipinski definition) is 3. The highest BCUT2D eigenvalue weighted by Gasteiger charge is 2.31. The van der Waals surface area contributed by atoms with E-state index >= 15 is 0 Å². The third kappa shape index (κ3) is 8.20. The summed E-state index contributed by atoms with van der Waals surface area (Å²) in [5.74, 6) is -1.77. The highest BCUT2D eigenvalue weighted by molar-refractivity contribution is 14.1. The molecule has 0 saturated carbocycles. The first-order valence-corrected chi connectivity index (χ1v) is 20.0. The van der Waals surface area contributed by atoms with Gasteiger partial charge in [-0.15, -0.1) is 0 Å². The summed E-state index contributed by atoms with van der Waals surface area (Å²) in [6.45, 7) is 6.97. The van der Waals surface area contributed by atoms with Gasteiger partial charge in [-0.25, -0.2) is 16.8 Å². The molecule has 0 aliphatic rings. The molecule has 0 aliphatic heterocycles. The molecule has 0 radical (unpaired) electrons. The number of sulfonamides is 2. The molecule has 0 unspecified atom stereocenters. The van der Waals surface area contributed by atoms with Crippen molar-refractivity contribution >= 4 is 104 Å². The monoisotopic (exact) mass is 863 g/mol. The average molecular weight is 864 g/mol. The van der Waals surface area contributed by atoms with Gasteiger partial charge in [-0.05, 0) is 101 Å². The van der Waals surface area contributed by atoms with Crippen molar-refractivity contribution in [2.24, 2.45) is 11.8 Å². The van der Waals surface area contributed by atoms with Crippen molar-refractivity contribution in [3.63, 3.8) is 0 Å². The Morgan fingerprint density at radius 1 is 0.615 bits per heavy atom. The molecule has 0 fully saturated rings. The van der Waals surface area contributed by atoms with E-state index in [-0.39, 0.29) is 21.6 Å². The lowest BCUT2D eigenvalue weighted by Gasteiger charge is -2.19. The number of nitrogen functional groups attached to an aromatic ring is 1. The number of methoxy groups -OCH3 is 2. The molecule has 0 amide bonds. The third-order valence-corrected chi connectivity index (χ3v) is 11.8. The molecule has 6 aromatic rings. The van der Waals surface area contributed by atoms with Crippen LogP contribution in [0.1, 0.15) is 27.7 Å². The molecule has 276 valence electrons. The minimum Gasteiger partial charge on any atom is -0.468 e. The summed E-state index contributed by atoms with van der Waals surface area (Å²) in [4.78, 5) is 23.9. The molecule has 16 heteroatoms. The zero-order chi connectivity index (χ0) is 38.1. The molecule has 2 aromatic heterocycles. The van der Waals surface area contributed by atoms with Gasteiger partial charge >= 0.3 is 11.9 Å². The first-order valence-electron chi connectivity index (χ1n) is 16.0. The second-order valence-corrected chi connectivity index (χ2v) is 17.3. The number of carbonyl (C=O) groups is 2. The molecule has 2 atom stereocenters. The van der Waals surface area contributed by atoms with Crippen LogP contribution in [0.5, 0.6) is 0 Å². The van der Waals surface area contributed by atoms with Crippen molar-refractivity contribution in [2.45, 2.75) is 49.6 Å². The van der Waals surface area contributed by atoms with Crippen molar-refractivity contribution in [3.05, 3.63) is 76.4 Å². The minimum absolute atomic E-state index is 0.0408. The average Bonchev–Trinajstić information content (AvgIpc) is 3.65. The van der Waals surface area contributed by atoms with Crippen LogP contribution in [0.25, 0.3) is 43.9 Å². The molecule has 4 N–H and O–H groups in total. The van der Waals surface area contributed by atoms with Crippen LogP contribution in [0.3, 0.4) is 0 Å². The summed E-state index contributed by atoms with van der Waals surface area (Å²) in [5, 5.41) is 2.96. The van der Waals surface area contributed by atoms with E-state index in [1.165, 1.54) is 32.4 Å². The Hall–Kier alpha value is -4.23. The Balaban J connectivity index is 0.000000201. The van der Waals surface area contributed by atoms with E-state index in [1.807, 2.05) is 18.2 Å². The largest absolute Gasteiger partial charge is 0.468 e. The van der Waals surface area contributed by atoms with Crippen LogP contribution in [-0.2, 0) is 39.1 Å². The highest BCUT2D eigenvalue weighted by atomic mass is 127. The molecule has 4 aromatic carbocycles. The quantitative estimate of drug-likeness (QED) is 0.0793. The van der Waals surface area contributed by atoms with Gasteiger partial charge < -0.3 is 24.0 Å². The van der Waals surface area contributed by atoms with Crippen molar-refractivity contribution < 1.29 is 44.7 Å². The van der Waals surface area contributed by atoms with Crippen LogP contribution < -0.4 is 15.2 Å². The van der Waals surface area contributed by atoms with Crippen molar-refractivity contribution in [3.8, 4) is 0 Å². The summed E-state index contributed by atoms with van der Waals surface area (Å²) in [6.07, 6.45) is 0. The van der Waals surface area contributed by atoms with Crippen LogP contribution in [0, 0.1) is 15.4 Å². The fraction of sp³-hybridized carbons (Fsp3) is 0.278. The summed E-state index contributed by atoms with van der Waals surface area (Å²) < 4.78 is 77.8.